The van der Waals surface area contributed by atoms with Crippen molar-refractivity contribution in [2.45, 2.75) is 44.1 Å². The van der Waals surface area contributed by atoms with Crippen LogP contribution in [0.5, 0.6) is 0 Å². The van der Waals surface area contributed by atoms with E-state index in [2.05, 4.69) is 21.5 Å². The molecular weight excluding hydrogens is 280 g/mol. The SMILES string of the molecule is Cn1ccnc1C1CCN([C@H]2CCCN(C(=O)O)CC2)CC1. The van der Waals surface area contributed by atoms with E-state index in [0.29, 0.717) is 25.0 Å². The molecule has 0 aromatic carbocycles. The van der Waals surface area contributed by atoms with Gasteiger partial charge in [-0.15, -0.1) is 0 Å². The van der Waals surface area contributed by atoms with Crippen molar-refractivity contribution >= 4 is 6.09 Å². The highest BCUT2D eigenvalue weighted by Crippen LogP contribution is 2.29. The van der Waals surface area contributed by atoms with E-state index < -0.39 is 6.09 Å². The molecule has 0 unspecified atom stereocenters. The molecule has 2 saturated heterocycles. The Morgan fingerprint density at radius 2 is 1.95 bits per heavy atom. The maximum absolute atomic E-state index is 11.1. The number of nitrogens with zero attached hydrogens (tertiary/aromatic N) is 4. The van der Waals surface area contributed by atoms with Crippen molar-refractivity contribution in [1.29, 1.82) is 0 Å². The van der Waals surface area contributed by atoms with Gasteiger partial charge in [0.15, 0.2) is 0 Å². The van der Waals surface area contributed by atoms with Crippen molar-refractivity contribution in [2.24, 2.45) is 7.05 Å². The first-order valence-corrected chi connectivity index (χ1v) is 8.34. The summed E-state index contributed by atoms with van der Waals surface area (Å²) >= 11 is 0. The van der Waals surface area contributed by atoms with Gasteiger partial charge in [-0.2, -0.15) is 0 Å². The van der Waals surface area contributed by atoms with Gasteiger partial charge in [0.1, 0.15) is 5.82 Å². The summed E-state index contributed by atoms with van der Waals surface area (Å²) in [5, 5.41) is 9.13. The first-order chi connectivity index (χ1) is 10.6. The van der Waals surface area contributed by atoms with Crippen LogP contribution < -0.4 is 0 Å². The van der Waals surface area contributed by atoms with Gasteiger partial charge >= 0.3 is 6.09 Å². The Labute approximate surface area is 131 Å². The second-order valence-corrected chi connectivity index (χ2v) is 6.56. The lowest BCUT2D eigenvalue weighted by Gasteiger charge is -2.37. The van der Waals surface area contributed by atoms with Crippen LogP contribution in [0.15, 0.2) is 12.4 Å². The number of piperidine rings is 1. The van der Waals surface area contributed by atoms with Crippen LogP contribution in [0, 0.1) is 0 Å². The second kappa shape index (κ2) is 6.69. The summed E-state index contributed by atoms with van der Waals surface area (Å²) in [6.07, 6.45) is 8.52. The number of carbonyl (C=O) groups is 1. The molecule has 3 heterocycles. The van der Waals surface area contributed by atoms with Gasteiger partial charge in [-0.05, 0) is 45.2 Å². The normalized spacial score (nSPS) is 25.1. The van der Waals surface area contributed by atoms with Gasteiger partial charge in [0, 0.05) is 44.5 Å². The van der Waals surface area contributed by atoms with Crippen molar-refractivity contribution in [3.05, 3.63) is 18.2 Å². The zero-order valence-corrected chi connectivity index (χ0v) is 13.3. The number of amides is 1. The number of imidazole rings is 1. The summed E-state index contributed by atoms with van der Waals surface area (Å²) in [4.78, 5) is 19.7. The Kier molecular flexibility index (Phi) is 4.66. The van der Waals surface area contributed by atoms with E-state index in [1.807, 2.05) is 12.4 Å². The van der Waals surface area contributed by atoms with E-state index in [-0.39, 0.29) is 0 Å². The number of aromatic nitrogens is 2. The topological polar surface area (TPSA) is 61.6 Å². The van der Waals surface area contributed by atoms with E-state index in [4.69, 9.17) is 5.11 Å². The van der Waals surface area contributed by atoms with Crippen molar-refractivity contribution in [2.75, 3.05) is 26.2 Å². The summed E-state index contributed by atoms with van der Waals surface area (Å²) in [7, 11) is 2.07. The average molecular weight is 306 g/mol. The maximum Gasteiger partial charge on any atom is 0.407 e. The van der Waals surface area contributed by atoms with E-state index in [1.54, 1.807) is 4.90 Å². The van der Waals surface area contributed by atoms with Crippen molar-refractivity contribution in [3.8, 4) is 0 Å². The zero-order valence-electron chi connectivity index (χ0n) is 13.3. The molecule has 0 bridgehead atoms. The van der Waals surface area contributed by atoms with E-state index in [1.165, 1.54) is 5.82 Å². The number of likely N-dealkylation sites (tertiary alicyclic amines) is 2. The fraction of sp³-hybridized carbons (Fsp3) is 0.750. The highest BCUT2D eigenvalue weighted by Gasteiger charge is 2.29. The molecule has 6 nitrogen and oxygen atoms in total. The monoisotopic (exact) mass is 306 g/mol. The Morgan fingerprint density at radius 3 is 2.59 bits per heavy atom. The van der Waals surface area contributed by atoms with Crippen LogP contribution in [0.1, 0.15) is 43.8 Å². The standard InChI is InChI=1S/C16H26N4O2/c1-18-12-7-17-15(18)13-4-9-19(10-5-13)14-3-2-8-20(11-6-14)16(21)22/h7,12-14H,2-6,8-11H2,1H3,(H,21,22)/t14-/m0/s1. The van der Waals surface area contributed by atoms with Gasteiger partial charge < -0.3 is 19.5 Å². The van der Waals surface area contributed by atoms with Crippen molar-refractivity contribution in [3.63, 3.8) is 0 Å². The van der Waals surface area contributed by atoms with Gasteiger partial charge in [0.2, 0.25) is 0 Å². The van der Waals surface area contributed by atoms with E-state index in [9.17, 15) is 4.79 Å². The van der Waals surface area contributed by atoms with Crippen LogP contribution in [0.4, 0.5) is 4.79 Å². The number of carboxylic acid groups (broad SMARTS) is 1. The van der Waals surface area contributed by atoms with Gasteiger partial charge in [-0.3, -0.25) is 0 Å². The van der Waals surface area contributed by atoms with Crippen LogP contribution >= 0.6 is 0 Å². The molecule has 0 spiro atoms. The van der Waals surface area contributed by atoms with Gasteiger partial charge in [0.05, 0.1) is 0 Å². The molecule has 0 saturated carbocycles. The minimum atomic E-state index is -0.769. The molecule has 2 aliphatic heterocycles. The lowest BCUT2D eigenvalue weighted by atomic mass is 9.93. The molecule has 2 fully saturated rings. The quantitative estimate of drug-likeness (QED) is 0.909. The Morgan fingerprint density at radius 1 is 1.18 bits per heavy atom. The molecule has 2 aliphatic rings. The molecule has 1 amide bonds. The average Bonchev–Trinajstić information content (AvgIpc) is 2.80. The Hall–Kier alpha value is -1.56. The highest BCUT2D eigenvalue weighted by atomic mass is 16.4. The molecule has 1 N–H and O–H groups in total. The van der Waals surface area contributed by atoms with Gasteiger partial charge in [-0.25, -0.2) is 9.78 Å². The summed E-state index contributed by atoms with van der Waals surface area (Å²) in [5.74, 6) is 1.77. The predicted octanol–water partition coefficient (Wildman–Crippen LogP) is 2.13. The number of hydrogen-bond donors (Lipinski definition) is 1. The molecule has 1 aromatic rings. The molecule has 6 heteroatoms. The molecule has 0 radical (unpaired) electrons. The minimum absolute atomic E-state index is 0.548. The fourth-order valence-electron chi connectivity index (χ4n) is 3.93. The third kappa shape index (κ3) is 3.27. The molecule has 1 atom stereocenters. The van der Waals surface area contributed by atoms with Crippen molar-refractivity contribution < 1.29 is 9.90 Å². The molecule has 0 aliphatic carbocycles. The third-order valence-electron chi connectivity index (χ3n) is 5.24. The van der Waals surface area contributed by atoms with Crippen LogP contribution in [0.25, 0.3) is 0 Å². The van der Waals surface area contributed by atoms with Gasteiger partial charge in [-0.1, -0.05) is 0 Å². The fourth-order valence-corrected chi connectivity index (χ4v) is 3.93. The lowest BCUT2D eigenvalue weighted by Crippen LogP contribution is -2.42. The zero-order chi connectivity index (χ0) is 15.5. The first kappa shape index (κ1) is 15.3. The van der Waals surface area contributed by atoms with E-state index in [0.717, 1.165) is 45.2 Å². The minimum Gasteiger partial charge on any atom is -0.465 e. The first-order valence-electron chi connectivity index (χ1n) is 8.34. The molecular formula is C16H26N4O2. The van der Waals surface area contributed by atoms with Gasteiger partial charge in [0.25, 0.3) is 0 Å². The Balaban J connectivity index is 1.53. The molecule has 22 heavy (non-hydrogen) atoms. The van der Waals surface area contributed by atoms with Crippen LogP contribution in [-0.2, 0) is 7.05 Å². The van der Waals surface area contributed by atoms with Crippen LogP contribution in [-0.4, -0.2) is 62.8 Å². The summed E-state index contributed by atoms with van der Waals surface area (Å²) in [6.45, 7) is 3.58. The van der Waals surface area contributed by atoms with Crippen molar-refractivity contribution in [1.82, 2.24) is 19.4 Å². The van der Waals surface area contributed by atoms with Crippen LogP contribution in [0.3, 0.4) is 0 Å². The smallest absolute Gasteiger partial charge is 0.407 e. The second-order valence-electron chi connectivity index (χ2n) is 6.56. The Bertz CT molecular complexity index is 508. The molecule has 122 valence electrons. The summed E-state index contributed by atoms with van der Waals surface area (Å²) in [6, 6.07) is 0.548. The molecule has 3 rings (SSSR count). The number of hydrogen-bond acceptors (Lipinski definition) is 3. The van der Waals surface area contributed by atoms with Crippen LogP contribution in [0.2, 0.25) is 0 Å². The number of aryl methyl sites for hydroxylation is 1. The summed E-state index contributed by atoms with van der Waals surface area (Å²) < 4.78 is 2.14. The third-order valence-corrected chi connectivity index (χ3v) is 5.24. The largest absolute Gasteiger partial charge is 0.465 e. The predicted molar refractivity (Wildman–Crippen MR) is 84.0 cm³/mol. The maximum atomic E-state index is 11.1. The lowest BCUT2D eigenvalue weighted by molar-refractivity contribution is 0.130. The molecule has 1 aromatic heterocycles. The highest BCUT2D eigenvalue weighted by molar-refractivity contribution is 5.64. The summed E-state index contributed by atoms with van der Waals surface area (Å²) in [5.41, 5.74) is 0. The van der Waals surface area contributed by atoms with E-state index >= 15 is 0 Å². The number of rotatable bonds is 2.